The van der Waals surface area contributed by atoms with Crippen molar-refractivity contribution < 1.29 is 9.47 Å². The van der Waals surface area contributed by atoms with Crippen LogP contribution in [0.2, 0.25) is 0 Å². The van der Waals surface area contributed by atoms with Crippen LogP contribution in [0.5, 0.6) is 0 Å². The monoisotopic (exact) mass is 261 g/mol. The molecule has 1 aliphatic heterocycles. The quantitative estimate of drug-likeness (QED) is 0.905. The van der Waals surface area contributed by atoms with Gasteiger partial charge in [0.2, 0.25) is 0 Å². The molecule has 3 nitrogen and oxygen atoms in total. The van der Waals surface area contributed by atoms with E-state index in [1.54, 1.807) is 0 Å². The molecule has 3 rings (SSSR count). The molecule has 0 bridgehead atoms. The van der Waals surface area contributed by atoms with E-state index in [9.17, 15) is 0 Å². The Labute approximate surface area is 115 Å². The zero-order valence-electron chi connectivity index (χ0n) is 11.8. The highest BCUT2D eigenvalue weighted by molar-refractivity contribution is 5.30. The summed E-state index contributed by atoms with van der Waals surface area (Å²) in [6.07, 6.45) is 3.72. The minimum absolute atomic E-state index is 0.187. The van der Waals surface area contributed by atoms with E-state index >= 15 is 0 Å². The summed E-state index contributed by atoms with van der Waals surface area (Å²) in [7, 11) is 0. The first-order chi connectivity index (χ1) is 9.12. The van der Waals surface area contributed by atoms with Crippen LogP contribution in [-0.4, -0.2) is 31.1 Å². The smallest absolute Gasteiger partial charge is 0.163 e. The second-order valence-electron chi connectivity index (χ2n) is 6.07. The van der Waals surface area contributed by atoms with Gasteiger partial charge in [0.05, 0.1) is 12.7 Å². The Bertz CT molecular complexity index is 444. The van der Waals surface area contributed by atoms with Gasteiger partial charge in [0.15, 0.2) is 5.79 Å². The fourth-order valence-electron chi connectivity index (χ4n) is 3.03. The van der Waals surface area contributed by atoms with Crippen molar-refractivity contribution in [3.8, 4) is 0 Å². The van der Waals surface area contributed by atoms with Crippen LogP contribution in [0.3, 0.4) is 0 Å². The van der Waals surface area contributed by atoms with Crippen LogP contribution in [0, 0.1) is 0 Å². The minimum Gasteiger partial charge on any atom is -0.348 e. The van der Waals surface area contributed by atoms with Crippen molar-refractivity contribution in [2.45, 2.75) is 51.0 Å². The Kier molecular flexibility index (Phi) is 3.61. The lowest BCUT2D eigenvalue weighted by Gasteiger charge is -2.26. The summed E-state index contributed by atoms with van der Waals surface area (Å²) in [6, 6.07) is 9.35. The molecule has 0 aromatic heterocycles. The maximum absolute atomic E-state index is 5.82. The van der Waals surface area contributed by atoms with Crippen LogP contribution in [0.15, 0.2) is 24.3 Å². The Hall–Kier alpha value is -0.900. The first-order valence-corrected chi connectivity index (χ1v) is 7.24. The zero-order valence-corrected chi connectivity index (χ0v) is 11.8. The fraction of sp³-hybridized carbons (Fsp3) is 0.625. The largest absolute Gasteiger partial charge is 0.348 e. The van der Waals surface area contributed by atoms with Gasteiger partial charge in [-0.1, -0.05) is 24.3 Å². The van der Waals surface area contributed by atoms with E-state index in [-0.39, 0.29) is 6.10 Å². The van der Waals surface area contributed by atoms with Crippen LogP contribution in [0.4, 0.5) is 0 Å². The number of rotatable bonds is 3. The van der Waals surface area contributed by atoms with Gasteiger partial charge in [-0.2, -0.15) is 0 Å². The van der Waals surface area contributed by atoms with E-state index in [1.165, 1.54) is 24.0 Å². The van der Waals surface area contributed by atoms with Gasteiger partial charge in [0, 0.05) is 12.6 Å². The number of benzene rings is 1. The molecule has 0 spiro atoms. The summed E-state index contributed by atoms with van der Waals surface area (Å²) < 4.78 is 11.4. The lowest BCUT2D eigenvalue weighted by molar-refractivity contribution is -0.137. The van der Waals surface area contributed by atoms with Gasteiger partial charge in [-0.3, -0.25) is 0 Å². The number of hydrogen-bond donors (Lipinski definition) is 1. The van der Waals surface area contributed by atoms with Crippen molar-refractivity contribution in [3.05, 3.63) is 35.4 Å². The summed E-state index contributed by atoms with van der Waals surface area (Å²) in [5.74, 6) is -0.411. The zero-order chi connectivity index (χ0) is 13.3. The maximum Gasteiger partial charge on any atom is 0.163 e. The lowest BCUT2D eigenvalue weighted by Crippen LogP contribution is -2.40. The number of ether oxygens (including phenoxy) is 2. The molecule has 2 atom stereocenters. The van der Waals surface area contributed by atoms with Crippen LogP contribution in [0.25, 0.3) is 0 Å². The molecule has 3 heteroatoms. The molecule has 1 N–H and O–H groups in total. The average molecular weight is 261 g/mol. The Morgan fingerprint density at radius 1 is 1.26 bits per heavy atom. The molecule has 0 saturated carbocycles. The molecular weight excluding hydrogens is 238 g/mol. The van der Waals surface area contributed by atoms with Gasteiger partial charge in [-0.25, -0.2) is 0 Å². The highest BCUT2D eigenvalue weighted by Crippen LogP contribution is 2.23. The Morgan fingerprint density at radius 3 is 2.79 bits per heavy atom. The SMILES string of the molecule is CC1(C)OCC(CNC2CCc3ccccc3C2)O1. The third-order valence-corrected chi connectivity index (χ3v) is 4.05. The van der Waals surface area contributed by atoms with Crippen molar-refractivity contribution in [1.82, 2.24) is 5.32 Å². The maximum atomic E-state index is 5.82. The van der Waals surface area contributed by atoms with Crippen LogP contribution in [-0.2, 0) is 22.3 Å². The van der Waals surface area contributed by atoms with Gasteiger partial charge >= 0.3 is 0 Å². The molecule has 2 unspecified atom stereocenters. The lowest BCUT2D eigenvalue weighted by atomic mass is 9.88. The first-order valence-electron chi connectivity index (χ1n) is 7.24. The van der Waals surface area contributed by atoms with Crippen LogP contribution >= 0.6 is 0 Å². The first kappa shape index (κ1) is 13.1. The van der Waals surface area contributed by atoms with Crippen LogP contribution < -0.4 is 5.32 Å². The summed E-state index contributed by atoms with van der Waals surface area (Å²) in [4.78, 5) is 0. The van der Waals surface area contributed by atoms with Crippen LogP contribution in [0.1, 0.15) is 31.4 Å². The molecule has 1 saturated heterocycles. The molecule has 1 fully saturated rings. The second-order valence-corrected chi connectivity index (χ2v) is 6.07. The number of hydrogen-bond acceptors (Lipinski definition) is 3. The van der Waals surface area contributed by atoms with Gasteiger partial charge in [-0.05, 0) is 44.2 Å². The van der Waals surface area contributed by atoms with E-state index in [0.29, 0.717) is 12.6 Å². The molecule has 0 radical (unpaired) electrons. The second kappa shape index (κ2) is 5.23. The molecule has 19 heavy (non-hydrogen) atoms. The minimum atomic E-state index is -0.411. The van der Waals surface area contributed by atoms with Crippen molar-refractivity contribution in [2.24, 2.45) is 0 Å². The van der Waals surface area contributed by atoms with Crippen molar-refractivity contribution in [2.75, 3.05) is 13.2 Å². The van der Waals surface area contributed by atoms with E-state index in [1.807, 2.05) is 13.8 Å². The third kappa shape index (κ3) is 3.16. The van der Waals surface area contributed by atoms with Crippen molar-refractivity contribution in [1.29, 1.82) is 0 Å². The summed E-state index contributed by atoms with van der Waals surface area (Å²) in [5, 5.41) is 3.64. The molecular formula is C16H23NO2. The number of aryl methyl sites for hydroxylation is 1. The Balaban J connectivity index is 1.50. The molecule has 2 aliphatic rings. The molecule has 1 aromatic carbocycles. The number of fused-ring (bicyclic) bond motifs is 1. The Morgan fingerprint density at radius 2 is 2.05 bits per heavy atom. The molecule has 1 aliphatic carbocycles. The van der Waals surface area contributed by atoms with Gasteiger partial charge in [-0.15, -0.1) is 0 Å². The third-order valence-electron chi connectivity index (χ3n) is 4.05. The van der Waals surface area contributed by atoms with E-state index in [4.69, 9.17) is 9.47 Å². The van der Waals surface area contributed by atoms with E-state index in [2.05, 4.69) is 29.6 Å². The van der Waals surface area contributed by atoms with Gasteiger partial charge in [0.25, 0.3) is 0 Å². The molecule has 1 heterocycles. The van der Waals surface area contributed by atoms with E-state index in [0.717, 1.165) is 13.0 Å². The van der Waals surface area contributed by atoms with Gasteiger partial charge in [0.1, 0.15) is 0 Å². The molecule has 0 amide bonds. The van der Waals surface area contributed by atoms with Crippen molar-refractivity contribution >= 4 is 0 Å². The van der Waals surface area contributed by atoms with E-state index < -0.39 is 5.79 Å². The molecule has 104 valence electrons. The van der Waals surface area contributed by atoms with Gasteiger partial charge < -0.3 is 14.8 Å². The summed E-state index contributed by atoms with van der Waals surface area (Å²) in [6.45, 7) is 5.53. The standard InChI is InChI=1S/C16H23NO2/c1-16(2)18-11-15(19-16)10-17-14-8-7-12-5-3-4-6-13(12)9-14/h3-6,14-15,17H,7-11H2,1-2H3. The highest BCUT2D eigenvalue weighted by atomic mass is 16.7. The number of nitrogens with one attached hydrogen (secondary N) is 1. The predicted octanol–water partition coefficient (Wildman–Crippen LogP) is 2.29. The highest BCUT2D eigenvalue weighted by Gasteiger charge is 2.32. The average Bonchev–Trinajstić information content (AvgIpc) is 2.76. The fourth-order valence-corrected chi connectivity index (χ4v) is 3.03. The predicted molar refractivity (Wildman–Crippen MR) is 75.2 cm³/mol. The molecule has 1 aromatic rings. The summed E-state index contributed by atoms with van der Waals surface area (Å²) in [5.41, 5.74) is 3.01. The van der Waals surface area contributed by atoms with Crippen molar-refractivity contribution in [3.63, 3.8) is 0 Å². The topological polar surface area (TPSA) is 30.5 Å². The normalized spacial score (nSPS) is 29.2. The summed E-state index contributed by atoms with van der Waals surface area (Å²) >= 11 is 0.